The number of nitrogens with one attached hydrogen (secondary N) is 2. The van der Waals surface area contributed by atoms with Crippen molar-refractivity contribution in [2.24, 2.45) is 5.92 Å². The smallest absolute Gasteiger partial charge is 0.338 e. The highest BCUT2D eigenvalue weighted by atomic mass is 32.2. The number of anilines is 1. The number of hydrogen-bond acceptors (Lipinski definition) is 5. The minimum Gasteiger partial charge on any atom is -0.462 e. The number of carbonyl (C=O) groups excluding carboxylic acids is 1. The van der Waals surface area contributed by atoms with Crippen molar-refractivity contribution < 1.29 is 17.9 Å². The van der Waals surface area contributed by atoms with E-state index in [1.54, 1.807) is 31.2 Å². The van der Waals surface area contributed by atoms with Crippen LogP contribution in [0.4, 0.5) is 5.69 Å². The van der Waals surface area contributed by atoms with Gasteiger partial charge in [0.05, 0.1) is 23.6 Å². The monoisotopic (exact) mass is 338 g/mol. The average Bonchev–Trinajstić information content (AvgIpc) is 2.80. The van der Waals surface area contributed by atoms with Crippen LogP contribution < -0.4 is 10.0 Å². The lowest BCUT2D eigenvalue weighted by atomic mass is 9.86. The van der Waals surface area contributed by atoms with Crippen molar-refractivity contribution in [1.29, 1.82) is 0 Å². The number of sulfonamides is 1. The number of benzene rings is 1. The zero-order chi connectivity index (χ0) is 16.4. The molecular weight excluding hydrogens is 316 g/mol. The Labute approximate surface area is 136 Å². The largest absolute Gasteiger partial charge is 0.462 e. The SMILES string of the molecule is CCOC(=O)c1ccc(NC2NS(=O)(=O)C3CCCCC23)cc1. The molecule has 23 heavy (non-hydrogen) atoms. The number of ether oxygens (including phenoxy) is 1. The normalized spacial score (nSPS) is 28.8. The molecule has 1 saturated heterocycles. The Kier molecular flexibility index (Phi) is 4.59. The topological polar surface area (TPSA) is 84.5 Å². The van der Waals surface area contributed by atoms with Crippen LogP contribution in [0.15, 0.2) is 24.3 Å². The standard InChI is InChI=1S/C16H22N2O4S/c1-2-22-16(19)11-7-9-12(10-8-11)17-15-13-5-3-4-6-14(13)23(20,21)18-15/h7-10,13-15,17-18H,2-6H2,1H3. The fraction of sp³-hybridized carbons (Fsp3) is 0.562. The lowest BCUT2D eigenvalue weighted by Gasteiger charge is -2.27. The molecule has 126 valence electrons. The highest BCUT2D eigenvalue weighted by molar-refractivity contribution is 7.90. The quantitative estimate of drug-likeness (QED) is 0.821. The van der Waals surface area contributed by atoms with Crippen molar-refractivity contribution in [3.63, 3.8) is 0 Å². The highest BCUT2D eigenvalue weighted by Gasteiger charge is 2.47. The van der Waals surface area contributed by atoms with Gasteiger partial charge in [0, 0.05) is 11.6 Å². The molecule has 3 atom stereocenters. The molecule has 3 rings (SSSR count). The molecule has 0 bridgehead atoms. The summed E-state index contributed by atoms with van der Waals surface area (Å²) in [6, 6.07) is 6.91. The van der Waals surface area contributed by atoms with Crippen LogP contribution in [-0.4, -0.2) is 32.4 Å². The van der Waals surface area contributed by atoms with Gasteiger partial charge in [-0.05, 0) is 44.0 Å². The number of esters is 1. The van der Waals surface area contributed by atoms with Gasteiger partial charge in [0.25, 0.3) is 0 Å². The first kappa shape index (κ1) is 16.3. The van der Waals surface area contributed by atoms with Crippen molar-refractivity contribution >= 4 is 21.7 Å². The Balaban J connectivity index is 1.71. The fourth-order valence-electron chi connectivity index (χ4n) is 3.48. The Morgan fingerprint density at radius 1 is 1.26 bits per heavy atom. The van der Waals surface area contributed by atoms with E-state index < -0.39 is 10.0 Å². The zero-order valence-corrected chi connectivity index (χ0v) is 13.9. The van der Waals surface area contributed by atoms with Crippen LogP contribution in [0.1, 0.15) is 43.0 Å². The van der Waals surface area contributed by atoms with E-state index in [0.29, 0.717) is 12.2 Å². The van der Waals surface area contributed by atoms with Gasteiger partial charge in [-0.2, -0.15) is 4.72 Å². The molecule has 2 aliphatic rings. The van der Waals surface area contributed by atoms with E-state index in [4.69, 9.17) is 4.74 Å². The molecular formula is C16H22N2O4S. The van der Waals surface area contributed by atoms with E-state index in [-0.39, 0.29) is 23.3 Å². The number of hydrogen-bond donors (Lipinski definition) is 2. The Bertz CT molecular complexity index is 672. The first-order chi connectivity index (χ1) is 11.0. The Morgan fingerprint density at radius 2 is 1.96 bits per heavy atom. The van der Waals surface area contributed by atoms with Crippen LogP contribution in [0.25, 0.3) is 0 Å². The van der Waals surface area contributed by atoms with Crippen molar-refractivity contribution in [2.75, 3.05) is 11.9 Å². The van der Waals surface area contributed by atoms with Crippen LogP contribution >= 0.6 is 0 Å². The molecule has 3 unspecified atom stereocenters. The molecule has 0 radical (unpaired) electrons. The van der Waals surface area contributed by atoms with Crippen molar-refractivity contribution in [3.8, 4) is 0 Å². The fourth-order valence-corrected chi connectivity index (χ4v) is 5.47. The van der Waals surface area contributed by atoms with E-state index in [2.05, 4.69) is 10.0 Å². The number of fused-ring (bicyclic) bond motifs is 1. The second kappa shape index (κ2) is 6.49. The Morgan fingerprint density at radius 3 is 2.65 bits per heavy atom. The minimum atomic E-state index is -3.23. The van der Waals surface area contributed by atoms with Gasteiger partial charge in [-0.3, -0.25) is 0 Å². The number of rotatable bonds is 4. The molecule has 1 aromatic carbocycles. The van der Waals surface area contributed by atoms with E-state index in [1.807, 2.05) is 0 Å². The predicted octanol–water partition coefficient (Wildman–Crippen LogP) is 2.09. The average molecular weight is 338 g/mol. The summed E-state index contributed by atoms with van der Waals surface area (Å²) in [5.41, 5.74) is 1.27. The molecule has 1 aliphatic heterocycles. The van der Waals surface area contributed by atoms with Gasteiger partial charge in [0.1, 0.15) is 0 Å². The molecule has 0 aromatic heterocycles. The first-order valence-corrected chi connectivity index (χ1v) is 9.61. The Hall–Kier alpha value is -1.60. The van der Waals surface area contributed by atoms with Gasteiger partial charge in [-0.25, -0.2) is 13.2 Å². The third-order valence-corrected chi connectivity index (χ3v) is 6.55. The maximum Gasteiger partial charge on any atom is 0.338 e. The molecule has 6 nitrogen and oxygen atoms in total. The second-order valence-corrected chi connectivity index (χ2v) is 8.00. The van der Waals surface area contributed by atoms with Crippen LogP contribution in [0.3, 0.4) is 0 Å². The molecule has 0 amide bonds. The summed E-state index contributed by atoms with van der Waals surface area (Å²) in [6.07, 6.45) is 3.41. The molecule has 1 saturated carbocycles. The van der Waals surface area contributed by atoms with Crippen molar-refractivity contribution in [2.45, 2.75) is 44.0 Å². The summed E-state index contributed by atoms with van der Waals surface area (Å²) in [6.45, 7) is 2.10. The van der Waals surface area contributed by atoms with Crippen molar-refractivity contribution in [1.82, 2.24) is 4.72 Å². The minimum absolute atomic E-state index is 0.0958. The molecule has 7 heteroatoms. The predicted molar refractivity (Wildman–Crippen MR) is 87.6 cm³/mol. The highest BCUT2D eigenvalue weighted by Crippen LogP contribution is 2.36. The summed E-state index contributed by atoms with van der Waals surface area (Å²) in [7, 11) is -3.23. The lowest BCUT2D eigenvalue weighted by Crippen LogP contribution is -2.37. The van der Waals surface area contributed by atoms with Gasteiger partial charge in [-0.15, -0.1) is 0 Å². The van der Waals surface area contributed by atoms with Gasteiger partial charge in [0.2, 0.25) is 10.0 Å². The van der Waals surface area contributed by atoms with Crippen LogP contribution in [0.2, 0.25) is 0 Å². The van der Waals surface area contributed by atoms with Gasteiger partial charge in [-0.1, -0.05) is 12.8 Å². The summed E-state index contributed by atoms with van der Waals surface area (Å²) >= 11 is 0. The van der Waals surface area contributed by atoms with Gasteiger partial charge < -0.3 is 10.1 Å². The zero-order valence-electron chi connectivity index (χ0n) is 13.1. The van der Waals surface area contributed by atoms with E-state index in [0.717, 1.165) is 31.4 Å². The van der Waals surface area contributed by atoms with Gasteiger partial charge >= 0.3 is 5.97 Å². The van der Waals surface area contributed by atoms with Gasteiger partial charge in [0.15, 0.2) is 0 Å². The summed E-state index contributed by atoms with van der Waals surface area (Å²) in [5.74, 6) is -0.258. The third kappa shape index (κ3) is 3.35. The molecule has 1 heterocycles. The van der Waals surface area contributed by atoms with Crippen LogP contribution in [0.5, 0.6) is 0 Å². The molecule has 1 aliphatic carbocycles. The van der Waals surface area contributed by atoms with Crippen LogP contribution in [0, 0.1) is 5.92 Å². The van der Waals surface area contributed by atoms with E-state index in [9.17, 15) is 13.2 Å². The molecule has 1 aromatic rings. The van der Waals surface area contributed by atoms with E-state index >= 15 is 0 Å². The summed E-state index contributed by atoms with van der Waals surface area (Å²) < 4.78 is 32.1. The maximum atomic E-state index is 12.2. The molecule has 0 spiro atoms. The van der Waals surface area contributed by atoms with E-state index in [1.165, 1.54) is 0 Å². The first-order valence-electron chi connectivity index (χ1n) is 8.06. The summed E-state index contributed by atoms with van der Waals surface area (Å²) in [5, 5.41) is 2.97. The molecule has 2 fully saturated rings. The third-order valence-electron chi connectivity index (χ3n) is 4.59. The lowest BCUT2D eigenvalue weighted by molar-refractivity contribution is 0.0526. The number of carbonyl (C=O) groups is 1. The molecule has 2 N–H and O–H groups in total. The van der Waals surface area contributed by atoms with Crippen molar-refractivity contribution in [3.05, 3.63) is 29.8 Å². The maximum absolute atomic E-state index is 12.2. The van der Waals surface area contributed by atoms with Crippen LogP contribution in [-0.2, 0) is 14.8 Å². The second-order valence-electron chi connectivity index (χ2n) is 6.07. The summed E-state index contributed by atoms with van der Waals surface area (Å²) in [4.78, 5) is 11.6.